The quantitative estimate of drug-likeness (QED) is 0.599. The van der Waals surface area contributed by atoms with Gasteiger partial charge in [0.05, 0.1) is 5.60 Å². The highest BCUT2D eigenvalue weighted by Gasteiger charge is 2.55. The molecule has 0 spiro atoms. The molecule has 0 amide bonds. The molecule has 124 valence electrons. The van der Waals surface area contributed by atoms with Gasteiger partial charge in [0, 0.05) is 0 Å². The molecule has 4 rings (SSSR count). The third-order valence-electron chi connectivity index (χ3n) is 8.43. The van der Waals surface area contributed by atoms with Gasteiger partial charge in [-0.1, -0.05) is 18.6 Å². The van der Waals surface area contributed by atoms with Crippen LogP contribution in [0.4, 0.5) is 0 Å². The highest BCUT2D eigenvalue weighted by atomic mass is 16.3. The van der Waals surface area contributed by atoms with E-state index in [1.54, 1.807) is 5.57 Å². The van der Waals surface area contributed by atoms with Crippen molar-refractivity contribution in [2.75, 3.05) is 0 Å². The zero-order chi connectivity index (χ0) is 15.5. The molecule has 0 bridgehead atoms. The van der Waals surface area contributed by atoms with Gasteiger partial charge in [0.25, 0.3) is 0 Å². The fourth-order valence-electron chi connectivity index (χ4n) is 7.40. The average molecular weight is 303 g/mol. The molecule has 0 radical (unpaired) electrons. The Kier molecular flexibility index (Phi) is 3.53. The molecular weight excluding hydrogens is 268 g/mol. The van der Waals surface area contributed by atoms with E-state index in [0.29, 0.717) is 5.41 Å². The number of hydrogen-bond acceptors (Lipinski definition) is 1. The predicted molar refractivity (Wildman–Crippen MR) is 91.5 cm³/mol. The zero-order valence-electron chi connectivity index (χ0n) is 14.8. The van der Waals surface area contributed by atoms with Gasteiger partial charge in [0.15, 0.2) is 0 Å². The summed E-state index contributed by atoms with van der Waals surface area (Å²) in [5, 5.41) is 10.5. The molecule has 1 nitrogen and oxygen atoms in total. The molecule has 4 fully saturated rings. The fourth-order valence-corrected chi connectivity index (χ4v) is 7.40. The summed E-state index contributed by atoms with van der Waals surface area (Å²) in [6, 6.07) is 0. The molecule has 0 heterocycles. The topological polar surface area (TPSA) is 20.2 Å². The molecule has 7 atom stereocenters. The fraction of sp³-hybridized carbons (Fsp3) is 0.905. The third kappa shape index (κ3) is 2.14. The lowest BCUT2D eigenvalue weighted by molar-refractivity contribution is -0.0899. The molecule has 0 aromatic carbocycles. The SMILES string of the molecule is CC=C1CCC2C3CC[C@@H]4C[C@](C)(O)CC[C@@H]4C3CC[C@]12C. The van der Waals surface area contributed by atoms with Crippen LogP contribution < -0.4 is 0 Å². The molecule has 0 aromatic rings. The Bertz CT molecular complexity index is 476. The molecule has 4 aliphatic carbocycles. The molecule has 1 heteroatoms. The van der Waals surface area contributed by atoms with Gasteiger partial charge in [-0.05, 0) is 107 Å². The van der Waals surface area contributed by atoms with Crippen molar-refractivity contribution in [3.63, 3.8) is 0 Å². The van der Waals surface area contributed by atoms with Crippen LogP contribution in [0, 0.1) is 35.0 Å². The summed E-state index contributed by atoms with van der Waals surface area (Å²) in [6.07, 6.45) is 14.4. The Hall–Kier alpha value is -0.300. The molecule has 22 heavy (non-hydrogen) atoms. The standard InChI is InChI=1S/C21H34O/c1-4-15-6-8-19-18-7-5-14-13-20(2,22)11-9-16(14)17(18)10-12-21(15,19)3/h4,14,16-19,22H,5-13H2,1-3H3/t14-,16+,17?,18?,19?,20-,21-/m1/s1. The Morgan fingerprint density at radius 3 is 2.50 bits per heavy atom. The van der Waals surface area contributed by atoms with Crippen LogP contribution in [0.15, 0.2) is 11.6 Å². The maximum absolute atomic E-state index is 10.5. The molecule has 4 aliphatic rings. The Morgan fingerprint density at radius 1 is 0.955 bits per heavy atom. The van der Waals surface area contributed by atoms with Crippen molar-refractivity contribution >= 4 is 0 Å². The van der Waals surface area contributed by atoms with Crippen molar-refractivity contribution in [2.24, 2.45) is 35.0 Å². The smallest absolute Gasteiger partial charge is 0.0622 e. The van der Waals surface area contributed by atoms with Gasteiger partial charge in [-0.25, -0.2) is 0 Å². The Balaban J connectivity index is 1.57. The van der Waals surface area contributed by atoms with Crippen LogP contribution in [0.3, 0.4) is 0 Å². The van der Waals surface area contributed by atoms with Gasteiger partial charge in [0.2, 0.25) is 0 Å². The van der Waals surface area contributed by atoms with Gasteiger partial charge >= 0.3 is 0 Å². The number of allylic oxidation sites excluding steroid dienone is 2. The van der Waals surface area contributed by atoms with Crippen molar-refractivity contribution in [2.45, 2.75) is 84.2 Å². The lowest BCUT2D eigenvalue weighted by atomic mass is 9.49. The van der Waals surface area contributed by atoms with E-state index in [-0.39, 0.29) is 5.60 Å². The van der Waals surface area contributed by atoms with Crippen LogP contribution in [-0.2, 0) is 0 Å². The van der Waals surface area contributed by atoms with Crippen molar-refractivity contribution < 1.29 is 5.11 Å². The molecule has 4 saturated carbocycles. The molecule has 0 aliphatic heterocycles. The summed E-state index contributed by atoms with van der Waals surface area (Å²) in [4.78, 5) is 0. The number of rotatable bonds is 0. The Morgan fingerprint density at radius 2 is 1.73 bits per heavy atom. The second-order valence-corrected chi connectivity index (χ2v) is 9.48. The maximum atomic E-state index is 10.5. The summed E-state index contributed by atoms with van der Waals surface area (Å²) in [6.45, 7) is 6.91. The van der Waals surface area contributed by atoms with Crippen LogP contribution >= 0.6 is 0 Å². The van der Waals surface area contributed by atoms with Crippen LogP contribution in [0.25, 0.3) is 0 Å². The zero-order valence-corrected chi connectivity index (χ0v) is 14.8. The van der Waals surface area contributed by atoms with Gasteiger partial charge in [-0.2, -0.15) is 0 Å². The molecule has 3 unspecified atom stereocenters. The summed E-state index contributed by atoms with van der Waals surface area (Å²) < 4.78 is 0. The Labute approximate surface area is 136 Å². The number of fused-ring (bicyclic) bond motifs is 5. The monoisotopic (exact) mass is 302 g/mol. The predicted octanol–water partition coefficient (Wildman–Crippen LogP) is 5.34. The van der Waals surface area contributed by atoms with Crippen molar-refractivity contribution in [1.82, 2.24) is 0 Å². The van der Waals surface area contributed by atoms with Crippen LogP contribution in [0.1, 0.15) is 78.6 Å². The lowest BCUT2D eigenvalue weighted by Gasteiger charge is -2.56. The lowest BCUT2D eigenvalue weighted by Crippen LogP contribution is -2.49. The molecular formula is C21H34O. The first-order chi connectivity index (χ1) is 10.4. The second kappa shape index (κ2) is 5.10. The van der Waals surface area contributed by atoms with E-state index in [9.17, 15) is 5.11 Å². The summed E-state index contributed by atoms with van der Waals surface area (Å²) in [7, 11) is 0. The van der Waals surface area contributed by atoms with Gasteiger partial charge < -0.3 is 5.11 Å². The van der Waals surface area contributed by atoms with Gasteiger partial charge in [-0.3, -0.25) is 0 Å². The minimum Gasteiger partial charge on any atom is -0.390 e. The normalized spacial score (nSPS) is 56.4. The second-order valence-electron chi connectivity index (χ2n) is 9.48. The molecule has 1 N–H and O–H groups in total. The highest BCUT2D eigenvalue weighted by molar-refractivity contribution is 5.23. The van der Waals surface area contributed by atoms with Crippen molar-refractivity contribution in [1.29, 1.82) is 0 Å². The summed E-state index contributed by atoms with van der Waals surface area (Å²) in [5.41, 5.74) is 1.93. The van der Waals surface area contributed by atoms with E-state index < -0.39 is 0 Å². The third-order valence-corrected chi connectivity index (χ3v) is 8.43. The highest BCUT2D eigenvalue weighted by Crippen LogP contribution is 2.64. The van der Waals surface area contributed by atoms with Gasteiger partial charge in [0.1, 0.15) is 0 Å². The summed E-state index contributed by atoms with van der Waals surface area (Å²) in [5.74, 6) is 4.67. The van der Waals surface area contributed by atoms with E-state index in [2.05, 4.69) is 26.8 Å². The van der Waals surface area contributed by atoms with Crippen LogP contribution in [0.2, 0.25) is 0 Å². The minimum atomic E-state index is -0.372. The van der Waals surface area contributed by atoms with Crippen molar-refractivity contribution in [3.8, 4) is 0 Å². The number of hydrogen-bond donors (Lipinski definition) is 1. The first-order valence-electron chi connectivity index (χ1n) is 9.83. The maximum Gasteiger partial charge on any atom is 0.0622 e. The molecule has 0 aromatic heterocycles. The van der Waals surface area contributed by atoms with Gasteiger partial charge in [-0.15, -0.1) is 0 Å². The largest absolute Gasteiger partial charge is 0.390 e. The van der Waals surface area contributed by atoms with E-state index in [1.807, 2.05) is 0 Å². The van der Waals surface area contributed by atoms with E-state index >= 15 is 0 Å². The average Bonchev–Trinajstić information content (AvgIpc) is 2.82. The molecule has 0 saturated heterocycles. The van der Waals surface area contributed by atoms with Crippen molar-refractivity contribution in [3.05, 3.63) is 11.6 Å². The minimum absolute atomic E-state index is 0.372. The van der Waals surface area contributed by atoms with E-state index in [4.69, 9.17) is 0 Å². The van der Waals surface area contributed by atoms with Crippen LogP contribution in [-0.4, -0.2) is 10.7 Å². The first kappa shape index (κ1) is 15.2. The van der Waals surface area contributed by atoms with Crippen LogP contribution in [0.5, 0.6) is 0 Å². The first-order valence-corrected chi connectivity index (χ1v) is 9.83. The van der Waals surface area contributed by atoms with E-state index in [0.717, 1.165) is 42.4 Å². The van der Waals surface area contributed by atoms with E-state index in [1.165, 1.54) is 44.9 Å². The summed E-state index contributed by atoms with van der Waals surface area (Å²) >= 11 is 0. The number of aliphatic hydroxyl groups is 1.